The molecule has 7 nitrogen and oxygen atoms in total. The van der Waals surface area contributed by atoms with E-state index in [1.807, 2.05) is 32.0 Å². The fourth-order valence-corrected chi connectivity index (χ4v) is 3.06. The molecule has 0 bridgehead atoms. The Morgan fingerprint density at radius 1 is 1.24 bits per heavy atom. The van der Waals surface area contributed by atoms with Gasteiger partial charge in [0.15, 0.2) is 0 Å². The van der Waals surface area contributed by atoms with Crippen molar-refractivity contribution in [1.82, 2.24) is 5.32 Å². The lowest BCUT2D eigenvalue weighted by molar-refractivity contribution is -0.146. The van der Waals surface area contributed by atoms with Gasteiger partial charge in [-0.05, 0) is 43.9 Å². The average molecular weight is 343 g/mol. The van der Waals surface area contributed by atoms with Gasteiger partial charge in [0, 0.05) is 18.9 Å². The molecule has 132 valence electrons. The molecular weight excluding hydrogens is 322 g/mol. The second-order valence-electron chi connectivity index (χ2n) is 6.72. The molecule has 1 fully saturated rings. The van der Waals surface area contributed by atoms with Crippen molar-refractivity contribution < 1.29 is 19.5 Å². The SMILES string of the molecule is Cc1ccc(C)c(N2N=C(C(=O)NC3CC(C(=O)O)C3)CCC2=O)c1. The van der Waals surface area contributed by atoms with Crippen molar-refractivity contribution in [3.63, 3.8) is 0 Å². The summed E-state index contributed by atoms with van der Waals surface area (Å²) >= 11 is 0. The van der Waals surface area contributed by atoms with E-state index < -0.39 is 5.97 Å². The zero-order valence-electron chi connectivity index (χ0n) is 14.3. The number of hydrazone groups is 1. The smallest absolute Gasteiger partial charge is 0.306 e. The van der Waals surface area contributed by atoms with Crippen LogP contribution < -0.4 is 10.3 Å². The number of carbonyl (C=O) groups excluding carboxylic acids is 2. The predicted octanol–water partition coefficient (Wildman–Crippen LogP) is 1.77. The first kappa shape index (κ1) is 17.1. The third kappa shape index (κ3) is 3.55. The highest BCUT2D eigenvalue weighted by atomic mass is 16.4. The number of carbonyl (C=O) groups is 3. The molecule has 0 unspecified atom stereocenters. The molecule has 1 heterocycles. The van der Waals surface area contributed by atoms with Gasteiger partial charge in [-0.2, -0.15) is 5.10 Å². The van der Waals surface area contributed by atoms with E-state index in [1.54, 1.807) is 0 Å². The molecule has 1 aliphatic heterocycles. The monoisotopic (exact) mass is 343 g/mol. The number of anilines is 1. The van der Waals surface area contributed by atoms with Crippen LogP contribution in [0.1, 0.15) is 36.8 Å². The molecule has 0 radical (unpaired) electrons. The molecule has 25 heavy (non-hydrogen) atoms. The highest BCUT2D eigenvalue weighted by Gasteiger charge is 2.36. The number of amides is 2. The highest BCUT2D eigenvalue weighted by molar-refractivity contribution is 6.40. The van der Waals surface area contributed by atoms with Gasteiger partial charge < -0.3 is 10.4 Å². The number of hydrogen-bond donors (Lipinski definition) is 2. The maximum atomic E-state index is 12.4. The molecule has 1 aromatic carbocycles. The molecular formula is C18H21N3O4. The molecule has 1 aromatic rings. The summed E-state index contributed by atoms with van der Waals surface area (Å²) in [6.45, 7) is 3.83. The van der Waals surface area contributed by atoms with E-state index in [1.165, 1.54) is 5.01 Å². The summed E-state index contributed by atoms with van der Waals surface area (Å²) in [6.07, 6.45) is 1.39. The van der Waals surface area contributed by atoms with Gasteiger partial charge in [-0.3, -0.25) is 14.4 Å². The van der Waals surface area contributed by atoms with Crippen LogP contribution in [0.25, 0.3) is 0 Å². The Bertz CT molecular complexity index is 766. The molecule has 2 amide bonds. The fraction of sp³-hybridized carbons (Fsp3) is 0.444. The number of nitrogens with one attached hydrogen (secondary N) is 1. The minimum absolute atomic E-state index is 0.136. The van der Waals surface area contributed by atoms with Gasteiger partial charge in [0.05, 0.1) is 11.6 Å². The number of benzene rings is 1. The second kappa shape index (κ2) is 6.66. The standard InChI is InChI=1S/C18H21N3O4/c1-10-3-4-11(2)15(7-10)21-16(22)6-5-14(20-21)17(23)19-13-8-12(9-13)18(24)25/h3-4,7,12-13H,5-6,8-9H2,1-2H3,(H,19,23)(H,24,25). The van der Waals surface area contributed by atoms with Gasteiger partial charge in [-0.15, -0.1) is 0 Å². The third-order valence-corrected chi connectivity index (χ3v) is 4.71. The quantitative estimate of drug-likeness (QED) is 0.870. The van der Waals surface area contributed by atoms with Gasteiger partial charge in [-0.25, -0.2) is 5.01 Å². The Kier molecular flexibility index (Phi) is 4.57. The van der Waals surface area contributed by atoms with E-state index >= 15 is 0 Å². The average Bonchev–Trinajstić information content (AvgIpc) is 2.52. The van der Waals surface area contributed by atoms with Crippen LogP contribution in [0.15, 0.2) is 23.3 Å². The summed E-state index contributed by atoms with van der Waals surface area (Å²) in [6, 6.07) is 5.62. The Morgan fingerprint density at radius 3 is 2.64 bits per heavy atom. The maximum Gasteiger partial charge on any atom is 0.306 e. The Morgan fingerprint density at radius 2 is 1.96 bits per heavy atom. The highest BCUT2D eigenvalue weighted by Crippen LogP contribution is 2.28. The van der Waals surface area contributed by atoms with Crippen LogP contribution in [-0.2, 0) is 14.4 Å². The van der Waals surface area contributed by atoms with Gasteiger partial charge in [0.1, 0.15) is 5.71 Å². The summed E-state index contributed by atoms with van der Waals surface area (Å²) in [7, 11) is 0. The summed E-state index contributed by atoms with van der Waals surface area (Å²) < 4.78 is 0. The Labute approximate surface area is 145 Å². The van der Waals surface area contributed by atoms with Crippen molar-refractivity contribution in [2.24, 2.45) is 11.0 Å². The zero-order valence-corrected chi connectivity index (χ0v) is 14.3. The minimum Gasteiger partial charge on any atom is -0.481 e. The molecule has 2 N–H and O–H groups in total. The molecule has 7 heteroatoms. The van der Waals surface area contributed by atoms with Crippen molar-refractivity contribution >= 4 is 29.2 Å². The summed E-state index contributed by atoms with van der Waals surface area (Å²) in [5.41, 5.74) is 2.91. The van der Waals surface area contributed by atoms with Crippen molar-refractivity contribution in [1.29, 1.82) is 0 Å². The van der Waals surface area contributed by atoms with E-state index in [0.29, 0.717) is 30.7 Å². The molecule has 0 atom stereocenters. The van der Waals surface area contributed by atoms with Crippen molar-refractivity contribution in [3.8, 4) is 0 Å². The Balaban J connectivity index is 1.73. The first-order chi connectivity index (χ1) is 11.8. The van der Waals surface area contributed by atoms with E-state index in [0.717, 1.165) is 11.1 Å². The summed E-state index contributed by atoms with van der Waals surface area (Å²) in [4.78, 5) is 35.5. The van der Waals surface area contributed by atoms with Crippen LogP contribution in [0.4, 0.5) is 5.69 Å². The largest absolute Gasteiger partial charge is 0.481 e. The van der Waals surface area contributed by atoms with Gasteiger partial charge in [0.2, 0.25) is 5.91 Å². The van der Waals surface area contributed by atoms with Gasteiger partial charge >= 0.3 is 5.97 Å². The number of aliphatic carboxylic acids is 1. The lowest BCUT2D eigenvalue weighted by Gasteiger charge is -2.33. The zero-order chi connectivity index (χ0) is 18.1. The lowest BCUT2D eigenvalue weighted by atomic mass is 9.80. The first-order valence-electron chi connectivity index (χ1n) is 8.36. The van der Waals surface area contributed by atoms with Crippen LogP contribution in [0.3, 0.4) is 0 Å². The normalized spacial score (nSPS) is 22.9. The maximum absolute atomic E-state index is 12.4. The molecule has 2 aliphatic rings. The second-order valence-corrected chi connectivity index (χ2v) is 6.72. The predicted molar refractivity (Wildman–Crippen MR) is 92.4 cm³/mol. The number of nitrogens with zero attached hydrogens (tertiary/aromatic N) is 2. The van der Waals surface area contributed by atoms with E-state index in [9.17, 15) is 14.4 Å². The summed E-state index contributed by atoms with van der Waals surface area (Å²) in [5, 5.41) is 17.3. The number of rotatable bonds is 4. The van der Waals surface area contributed by atoms with E-state index in [2.05, 4.69) is 10.4 Å². The number of hydrogen-bond acceptors (Lipinski definition) is 4. The van der Waals surface area contributed by atoms with E-state index in [4.69, 9.17) is 5.11 Å². The fourth-order valence-electron chi connectivity index (χ4n) is 3.06. The van der Waals surface area contributed by atoms with Crippen molar-refractivity contribution in [3.05, 3.63) is 29.3 Å². The summed E-state index contributed by atoms with van der Waals surface area (Å²) in [5.74, 6) is -1.67. The minimum atomic E-state index is -0.827. The molecule has 0 spiro atoms. The molecule has 3 rings (SSSR count). The third-order valence-electron chi connectivity index (χ3n) is 4.71. The van der Waals surface area contributed by atoms with Crippen LogP contribution in [0.2, 0.25) is 0 Å². The topological polar surface area (TPSA) is 99.1 Å². The first-order valence-corrected chi connectivity index (χ1v) is 8.36. The number of aryl methyl sites for hydroxylation is 2. The van der Waals surface area contributed by atoms with Crippen LogP contribution in [0.5, 0.6) is 0 Å². The Hall–Kier alpha value is -2.70. The molecule has 0 saturated heterocycles. The van der Waals surface area contributed by atoms with Crippen LogP contribution in [-0.4, -0.2) is 34.6 Å². The van der Waals surface area contributed by atoms with Crippen molar-refractivity contribution in [2.75, 3.05) is 5.01 Å². The number of carboxylic acid groups (broad SMARTS) is 1. The van der Waals surface area contributed by atoms with Crippen LogP contribution >= 0.6 is 0 Å². The molecule has 1 aliphatic carbocycles. The molecule has 1 saturated carbocycles. The van der Waals surface area contributed by atoms with Crippen LogP contribution in [0, 0.1) is 19.8 Å². The number of carboxylic acids is 1. The van der Waals surface area contributed by atoms with Gasteiger partial charge in [0.25, 0.3) is 5.91 Å². The van der Waals surface area contributed by atoms with Crippen molar-refractivity contribution in [2.45, 2.75) is 45.6 Å². The molecule has 0 aromatic heterocycles. The lowest BCUT2D eigenvalue weighted by Crippen LogP contribution is -2.49. The van der Waals surface area contributed by atoms with Gasteiger partial charge in [-0.1, -0.05) is 12.1 Å². The van der Waals surface area contributed by atoms with E-state index in [-0.39, 0.29) is 30.2 Å².